The summed E-state index contributed by atoms with van der Waals surface area (Å²) in [6, 6.07) is 7.27. The number of ether oxygens (including phenoxy) is 2. The molecule has 4 bridgehead atoms. The zero-order valence-electron chi connectivity index (χ0n) is 24.4. The smallest absolute Gasteiger partial charge is 0.411 e. The molecule has 228 valence electrons. The normalized spacial score (nSPS) is 35.8. The lowest BCUT2D eigenvalue weighted by molar-refractivity contribution is -0.390. The molecule has 5 aliphatic carbocycles. The number of amides is 1. The lowest BCUT2D eigenvalue weighted by atomic mass is 9.53. The maximum Gasteiger partial charge on any atom is 0.411 e. The Morgan fingerprint density at radius 2 is 1.63 bits per heavy atom. The summed E-state index contributed by atoms with van der Waals surface area (Å²) < 4.78 is 31.4. The second-order valence-corrected chi connectivity index (χ2v) is 14.8. The first-order valence-corrected chi connectivity index (χ1v) is 17.3. The summed E-state index contributed by atoms with van der Waals surface area (Å²) in [6.45, 7) is 5.43. The van der Waals surface area contributed by atoms with Crippen LogP contribution in [-0.4, -0.2) is 36.9 Å². The minimum atomic E-state index is -3.12. The Bertz CT molecular complexity index is 1080. The van der Waals surface area contributed by atoms with E-state index in [2.05, 4.69) is 15.5 Å². The fraction of sp³-hybridized carbons (Fsp3) is 0.767. The van der Waals surface area contributed by atoms with Gasteiger partial charge in [0.15, 0.2) is 0 Å². The van der Waals surface area contributed by atoms with E-state index in [1.54, 1.807) is 12.1 Å². The molecule has 1 heterocycles. The topological polar surface area (TPSA) is 116 Å². The van der Waals surface area contributed by atoms with Crippen molar-refractivity contribution in [2.45, 2.75) is 109 Å². The quantitative estimate of drug-likeness (QED) is 0.193. The summed E-state index contributed by atoms with van der Waals surface area (Å²) in [5, 5.41) is 8.83. The summed E-state index contributed by atoms with van der Waals surface area (Å²) in [5.41, 5.74) is 1.47. The van der Waals surface area contributed by atoms with Gasteiger partial charge in [-0.25, -0.2) is 15.0 Å². The number of anilines is 1. The second kappa shape index (κ2) is 12.2. The molecule has 10 nitrogen and oxygen atoms in total. The van der Waals surface area contributed by atoms with Crippen LogP contribution >= 0.6 is 7.67 Å². The van der Waals surface area contributed by atoms with Crippen molar-refractivity contribution >= 4 is 19.5 Å². The lowest BCUT2D eigenvalue weighted by Crippen LogP contribution is -2.59. The van der Waals surface area contributed by atoms with Crippen LogP contribution in [0.5, 0.6) is 0 Å². The molecule has 0 radical (unpaired) electrons. The number of hydrogen-bond acceptors (Lipinski definition) is 7. The zero-order valence-corrected chi connectivity index (χ0v) is 25.3. The largest absolute Gasteiger partial charge is 0.446 e. The molecule has 5 saturated carbocycles. The van der Waals surface area contributed by atoms with Gasteiger partial charge in [0, 0.05) is 43.5 Å². The maximum absolute atomic E-state index is 13.0. The van der Waals surface area contributed by atoms with Gasteiger partial charge in [0.05, 0.1) is 6.61 Å². The van der Waals surface area contributed by atoms with Crippen LogP contribution in [0, 0.1) is 23.7 Å². The Kier molecular flexibility index (Phi) is 8.81. The molecule has 0 aromatic heterocycles. The molecule has 1 saturated heterocycles. The number of rotatable bonds is 11. The van der Waals surface area contributed by atoms with E-state index in [-0.39, 0.29) is 12.7 Å². The van der Waals surface area contributed by atoms with Crippen molar-refractivity contribution in [3.8, 4) is 0 Å². The van der Waals surface area contributed by atoms with E-state index < -0.39 is 25.3 Å². The van der Waals surface area contributed by atoms with E-state index in [4.69, 9.17) is 23.8 Å². The molecule has 1 aromatic carbocycles. The molecule has 7 rings (SSSR count). The molecule has 2 atom stereocenters. The molecule has 3 N–H and O–H groups in total. The molecule has 1 unspecified atom stereocenters. The Balaban J connectivity index is 0.993. The number of hydrogen-bond donors (Lipinski definition) is 3. The Morgan fingerprint density at radius 1 is 0.976 bits per heavy atom. The van der Waals surface area contributed by atoms with Crippen molar-refractivity contribution in [1.82, 2.24) is 10.2 Å². The summed E-state index contributed by atoms with van der Waals surface area (Å²) >= 11 is 0. The van der Waals surface area contributed by atoms with Crippen molar-refractivity contribution in [3.05, 3.63) is 29.8 Å². The minimum absolute atomic E-state index is 0.187. The molecule has 41 heavy (non-hydrogen) atoms. The molecule has 6 aliphatic rings. The molecular formula is C30H46N3O7P. The van der Waals surface area contributed by atoms with Crippen LogP contribution in [0.2, 0.25) is 0 Å². The van der Waals surface area contributed by atoms with Crippen LogP contribution in [0.25, 0.3) is 0 Å². The first-order valence-electron chi connectivity index (χ1n) is 15.7. The highest BCUT2D eigenvalue weighted by atomic mass is 31.2. The third kappa shape index (κ3) is 6.40. The van der Waals surface area contributed by atoms with Crippen LogP contribution in [0.1, 0.15) is 90.0 Å². The van der Waals surface area contributed by atoms with Gasteiger partial charge in [-0.2, -0.15) is 9.78 Å². The summed E-state index contributed by atoms with van der Waals surface area (Å²) in [4.78, 5) is 25.0. The van der Waals surface area contributed by atoms with Gasteiger partial charge in [0.25, 0.3) is 0 Å². The van der Waals surface area contributed by atoms with Crippen molar-refractivity contribution in [2.24, 2.45) is 23.7 Å². The highest BCUT2D eigenvalue weighted by Gasteiger charge is 2.67. The summed E-state index contributed by atoms with van der Waals surface area (Å²) in [5.74, 6) is 0.984. The monoisotopic (exact) mass is 591 g/mol. The van der Waals surface area contributed by atoms with Gasteiger partial charge in [-0.05, 0) is 87.3 Å². The van der Waals surface area contributed by atoms with Crippen LogP contribution < -0.4 is 15.5 Å². The van der Waals surface area contributed by atoms with Gasteiger partial charge in [0.1, 0.15) is 6.10 Å². The molecule has 11 heteroatoms. The van der Waals surface area contributed by atoms with Crippen LogP contribution in [-0.2, 0) is 34.9 Å². The number of nitrogens with one attached hydrogen (secondary N) is 3. The van der Waals surface area contributed by atoms with Crippen molar-refractivity contribution in [3.63, 3.8) is 0 Å². The average Bonchev–Trinajstić information content (AvgIpc) is 3.32. The molecule has 6 fully saturated rings. The zero-order chi connectivity index (χ0) is 28.5. The average molecular weight is 592 g/mol. The van der Waals surface area contributed by atoms with E-state index in [1.165, 1.54) is 32.1 Å². The highest BCUT2D eigenvalue weighted by Crippen LogP contribution is 2.63. The van der Waals surface area contributed by atoms with Crippen LogP contribution in [0.3, 0.4) is 0 Å². The number of carbonyl (C=O) groups is 1. The van der Waals surface area contributed by atoms with Crippen LogP contribution in [0.15, 0.2) is 24.3 Å². The van der Waals surface area contributed by atoms with Gasteiger partial charge in [-0.15, -0.1) is 0 Å². The van der Waals surface area contributed by atoms with Gasteiger partial charge in [0.2, 0.25) is 11.6 Å². The predicted octanol–water partition coefficient (Wildman–Crippen LogP) is 6.63. The number of carbonyl (C=O) groups excluding carboxylic acids is 1. The van der Waals surface area contributed by atoms with E-state index >= 15 is 0 Å². The molecule has 2 spiro atoms. The standard InChI is InChI=1S/C30H46N3O7P/c1-3-12-31-41(35,32-13-4-2)36-20-21-7-9-26(10-8-21)33-28(34)37-27-6-5-11-29(19-27)38-30(40-39-29)24-15-22-14-23(17-24)18-25(30)16-22/h7-10,22-25,27H,3-6,11-20H2,1-2H3,(H,33,34)(H2,31,32,35)/t22?,23?,24?,25?,27?,29-,30?/m1/s1. The molecule has 1 aromatic rings. The Morgan fingerprint density at radius 3 is 2.27 bits per heavy atom. The minimum Gasteiger partial charge on any atom is -0.446 e. The van der Waals surface area contributed by atoms with Gasteiger partial charge in [-0.3, -0.25) is 9.88 Å². The van der Waals surface area contributed by atoms with Crippen molar-refractivity contribution in [2.75, 3.05) is 18.4 Å². The van der Waals surface area contributed by atoms with Crippen LogP contribution in [0.4, 0.5) is 10.5 Å². The third-order valence-electron chi connectivity index (χ3n) is 9.59. The molecule has 1 aliphatic heterocycles. The fourth-order valence-electron chi connectivity index (χ4n) is 7.84. The number of benzene rings is 1. The van der Waals surface area contributed by atoms with E-state index in [0.717, 1.165) is 49.5 Å². The summed E-state index contributed by atoms with van der Waals surface area (Å²) in [6.07, 6.45) is 9.78. The Labute approximate surface area is 243 Å². The fourth-order valence-corrected chi connectivity index (χ4v) is 9.50. The molecule has 1 amide bonds. The third-order valence-corrected chi connectivity index (χ3v) is 11.4. The summed E-state index contributed by atoms with van der Waals surface area (Å²) in [7, 11) is -3.12. The second-order valence-electron chi connectivity index (χ2n) is 12.8. The SMILES string of the molecule is CCCNP(=O)(NCCC)OCc1ccc(NC(=O)OC2CCC[C@]3(C2)OOC2(O3)C3CC4CC(C3)CC2C4)cc1. The van der Waals surface area contributed by atoms with Gasteiger partial charge < -0.3 is 14.0 Å². The molecular weight excluding hydrogens is 545 g/mol. The van der Waals surface area contributed by atoms with Crippen molar-refractivity contribution < 1.29 is 33.1 Å². The van der Waals surface area contributed by atoms with E-state index in [0.29, 0.717) is 37.0 Å². The Hall–Kier alpha value is -1.52. The van der Waals surface area contributed by atoms with E-state index in [9.17, 15) is 9.36 Å². The predicted molar refractivity (Wildman–Crippen MR) is 154 cm³/mol. The first kappa shape index (κ1) is 29.5. The maximum atomic E-state index is 13.0. The first-order chi connectivity index (χ1) is 19.8. The van der Waals surface area contributed by atoms with Gasteiger partial charge >= 0.3 is 13.8 Å². The highest BCUT2D eigenvalue weighted by molar-refractivity contribution is 7.54. The van der Waals surface area contributed by atoms with Gasteiger partial charge in [-0.1, -0.05) is 26.0 Å². The van der Waals surface area contributed by atoms with E-state index in [1.807, 2.05) is 26.0 Å². The lowest BCUT2D eigenvalue weighted by Gasteiger charge is -2.57. The van der Waals surface area contributed by atoms with Crippen molar-refractivity contribution in [1.29, 1.82) is 0 Å².